The number of nitriles is 1. The monoisotopic (exact) mass is 462 g/mol. The summed E-state index contributed by atoms with van der Waals surface area (Å²) >= 11 is 0. The molecule has 3 atom stereocenters. The molecule has 0 radical (unpaired) electrons. The Morgan fingerprint density at radius 3 is 2.67 bits per heavy atom. The molecular weight excluding hydrogens is 440 g/mol. The molecule has 4 rings (SSSR count). The van der Waals surface area contributed by atoms with E-state index in [4.69, 9.17) is 5.73 Å². The normalized spacial score (nSPS) is 22.1. The number of fused-ring (bicyclic) bond motifs is 1. The summed E-state index contributed by atoms with van der Waals surface area (Å²) in [6, 6.07) is 6.81. The standard InChI is InChI=1S/C22H22F4N6O/c23-16-3-1-2-9-21(16,10-11-27)32-15-8-12-29-20(33)17(15)19(31-32)30-14-6-4-13(5-7-14)18(28)22(24,25)26/h4-8,12,16,18H,1-3,9-10,28H2,(H,29,33)(H,30,31). The van der Waals surface area contributed by atoms with Crippen LogP contribution in [0.2, 0.25) is 0 Å². The van der Waals surface area contributed by atoms with Crippen LogP contribution >= 0.6 is 0 Å². The number of nitrogens with zero attached hydrogens (tertiary/aromatic N) is 3. The summed E-state index contributed by atoms with van der Waals surface area (Å²) in [5.74, 6) is 0.120. The smallest absolute Gasteiger partial charge is 0.338 e. The van der Waals surface area contributed by atoms with Crippen LogP contribution in [0.15, 0.2) is 41.3 Å². The second kappa shape index (κ2) is 8.51. The maximum atomic E-state index is 15.2. The van der Waals surface area contributed by atoms with Gasteiger partial charge in [0.05, 0.1) is 18.0 Å². The molecule has 0 saturated heterocycles. The summed E-state index contributed by atoms with van der Waals surface area (Å²) in [5.41, 5.74) is 4.20. The Morgan fingerprint density at radius 2 is 2.03 bits per heavy atom. The third-order valence-electron chi connectivity index (χ3n) is 6.20. The number of nitrogens with one attached hydrogen (secondary N) is 2. The zero-order valence-corrected chi connectivity index (χ0v) is 17.5. The van der Waals surface area contributed by atoms with Gasteiger partial charge in [-0.2, -0.15) is 23.5 Å². The van der Waals surface area contributed by atoms with Gasteiger partial charge < -0.3 is 16.0 Å². The lowest BCUT2D eigenvalue weighted by Gasteiger charge is -2.39. The molecule has 0 bridgehead atoms. The summed E-state index contributed by atoms with van der Waals surface area (Å²) in [4.78, 5) is 15.2. The average Bonchev–Trinajstić information content (AvgIpc) is 3.15. The number of aromatic amines is 1. The second-order valence-electron chi connectivity index (χ2n) is 8.25. The number of hydrogen-bond donors (Lipinski definition) is 3. The molecule has 0 amide bonds. The zero-order valence-electron chi connectivity index (χ0n) is 17.5. The van der Waals surface area contributed by atoms with E-state index in [9.17, 15) is 23.2 Å². The molecule has 3 aromatic rings. The number of aromatic nitrogens is 3. The van der Waals surface area contributed by atoms with Gasteiger partial charge in [-0.05, 0) is 36.6 Å². The van der Waals surface area contributed by atoms with Crippen LogP contribution in [-0.4, -0.2) is 27.1 Å². The van der Waals surface area contributed by atoms with Crippen molar-refractivity contribution in [1.82, 2.24) is 14.8 Å². The van der Waals surface area contributed by atoms with E-state index < -0.39 is 29.5 Å². The van der Waals surface area contributed by atoms with Crippen LogP contribution in [0.25, 0.3) is 10.9 Å². The number of hydrogen-bond acceptors (Lipinski definition) is 5. The van der Waals surface area contributed by atoms with Gasteiger partial charge in [-0.25, -0.2) is 4.39 Å². The number of nitrogens with two attached hydrogens (primary N) is 1. The molecule has 0 spiro atoms. The van der Waals surface area contributed by atoms with Gasteiger partial charge in [0.1, 0.15) is 23.1 Å². The van der Waals surface area contributed by atoms with Gasteiger partial charge in [0.2, 0.25) is 0 Å². The first-order valence-corrected chi connectivity index (χ1v) is 10.5. The van der Waals surface area contributed by atoms with Crippen molar-refractivity contribution in [2.75, 3.05) is 5.32 Å². The largest absolute Gasteiger partial charge is 0.407 e. The Kier molecular flexibility index (Phi) is 5.88. The lowest BCUT2D eigenvalue weighted by Crippen LogP contribution is -2.45. The summed E-state index contributed by atoms with van der Waals surface area (Å²) in [5, 5.41) is 17.0. The molecule has 1 aromatic carbocycles. The summed E-state index contributed by atoms with van der Waals surface area (Å²) in [6.07, 6.45) is -2.47. The Morgan fingerprint density at radius 1 is 1.30 bits per heavy atom. The molecule has 1 fully saturated rings. The predicted octanol–water partition coefficient (Wildman–Crippen LogP) is 4.55. The fourth-order valence-corrected chi connectivity index (χ4v) is 4.43. The SMILES string of the molecule is N#CCC1(n2nc(Nc3ccc(C(N)C(F)(F)F)cc3)c3c(=O)[nH]ccc32)CCCCC1F. The minimum Gasteiger partial charge on any atom is -0.338 e. The third kappa shape index (κ3) is 4.06. The molecule has 1 aliphatic rings. The molecule has 4 N–H and O–H groups in total. The number of H-pyrrole nitrogens is 1. The number of halogens is 4. The zero-order chi connectivity index (χ0) is 23.8. The molecule has 0 aliphatic heterocycles. The fraction of sp³-hybridized carbons (Fsp3) is 0.409. The van der Waals surface area contributed by atoms with Gasteiger partial charge in [-0.1, -0.05) is 25.0 Å². The topological polar surface area (TPSA) is 113 Å². The fourth-order valence-electron chi connectivity index (χ4n) is 4.43. The molecule has 11 heteroatoms. The van der Waals surface area contributed by atoms with Crippen molar-refractivity contribution in [2.45, 2.75) is 56.0 Å². The molecular formula is C22H22F4N6O. The molecule has 1 saturated carbocycles. The van der Waals surface area contributed by atoms with Crippen molar-refractivity contribution >= 4 is 22.4 Å². The predicted molar refractivity (Wildman–Crippen MR) is 115 cm³/mol. The average molecular weight is 462 g/mol. The lowest BCUT2D eigenvalue weighted by molar-refractivity contribution is -0.149. The number of alkyl halides is 4. The maximum Gasteiger partial charge on any atom is 0.407 e. The summed E-state index contributed by atoms with van der Waals surface area (Å²) < 4.78 is 55.3. The Bertz CT molecular complexity index is 1240. The van der Waals surface area contributed by atoms with Crippen LogP contribution in [0, 0.1) is 11.3 Å². The van der Waals surface area contributed by atoms with Crippen LogP contribution in [0.4, 0.5) is 29.1 Å². The van der Waals surface area contributed by atoms with Crippen molar-refractivity contribution in [3.63, 3.8) is 0 Å². The molecule has 33 heavy (non-hydrogen) atoms. The van der Waals surface area contributed by atoms with Crippen LogP contribution in [0.1, 0.15) is 43.7 Å². The maximum absolute atomic E-state index is 15.2. The van der Waals surface area contributed by atoms with Crippen molar-refractivity contribution in [3.05, 3.63) is 52.4 Å². The van der Waals surface area contributed by atoms with Crippen LogP contribution < -0.4 is 16.6 Å². The molecule has 2 aromatic heterocycles. The Balaban J connectivity index is 1.77. The highest BCUT2D eigenvalue weighted by Crippen LogP contribution is 2.42. The van der Waals surface area contributed by atoms with E-state index in [0.717, 1.165) is 6.42 Å². The highest BCUT2D eigenvalue weighted by molar-refractivity contribution is 5.91. The van der Waals surface area contributed by atoms with E-state index in [1.165, 1.54) is 35.1 Å². The van der Waals surface area contributed by atoms with Crippen LogP contribution in [0.5, 0.6) is 0 Å². The van der Waals surface area contributed by atoms with Gasteiger partial charge in [-0.15, -0.1) is 0 Å². The number of pyridine rings is 1. The minimum atomic E-state index is -4.57. The molecule has 7 nitrogen and oxygen atoms in total. The summed E-state index contributed by atoms with van der Waals surface area (Å²) in [6.45, 7) is 0. The highest BCUT2D eigenvalue weighted by atomic mass is 19.4. The first-order valence-electron chi connectivity index (χ1n) is 10.5. The van der Waals surface area contributed by atoms with Gasteiger partial charge in [0, 0.05) is 11.9 Å². The van der Waals surface area contributed by atoms with E-state index in [1.807, 2.05) is 0 Å². The van der Waals surface area contributed by atoms with E-state index in [-0.39, 0.29) is 29.6 Å². The molecule has 174 valence electrons. The van der Waals surface area contributed by atoms with E-state index in [1.54, 1.807) is 6.07 Å². The van der Waals surface area contributed by atoms with E-state index in [0.29, 0.717) is 24.0 Å². The van der Waals surface area contributed by atoms with Gasteiger partial charge in [0.15, 0.2) is 5.82 Å². The minimum absolute atomic E-state index is 0.110. The first-order chi connectivity index (χ1) is 15.7. The van der Waals surface area contributed by atoms with E-state index in [2.05, 4.69) is 21.5 Å². The highest BCUT2D eigenvalue weighted by Gasteiger charge is 2.45. The van der Waals surface area contributed by atoms with Crippen molar-refractivity contribution in [3.8, 4) is 6.07 Å². The van der Waals surface area contributed by atoms with Crippen molar-refractivity contribution < 1.29 is 17.6 Å². The van der Waals surface area contributed by atoms with Crippen molar-refractivity contribution in [1.29, 1.82) is 5.26 Å². The Hall–Kier alpha value is -3.39. The molecule has 2 heterocycles. The van der Waals surface area contributed by atoms with Crippen LogP contribution in [0.3, 0.4) is 0 Å². The van der Waals surface area contributed by atoms with Gasteiger partial charge >= 0.3 is 6.18 Å². The number of anilines is 2. The lowest BCUT2D eigenvalue weighted by atomic mass is 9.78. The second-order valence-corrected chi connectivity index (χ2v) is 8.25. The van der Waals surface area contributed by atoms with Crippen LogP contribution in [-0.2, 0) is 5.54 Å². The quantitative estimate of drug-likeness (QED) is 0.482. The third-order valence-corrected chi connectivity index (χ3v) is 6.20. The van der Waals surface area contributed by atoms with Gasteiger partial charge in [-0.3, -0.25) is 9.48 Å². The summed E-state index contributed by atoms with van der Waals surface area (Å²) in [7, 11) is 0. The van der Waals surface area contributed by atoms with E-state index >= 15 is 4.39 Å². The Labute approximate surface area is 186 Å². The number of benzene rings is 1. The van der Waals surface area contributed by atoms with Crippen molar-refractivity contribution in [2.24, 2.45) is 5.73 Å². The molecule has 1 aliphatic carbocycles. The number of rotatable bonds is 5. The molecule has 3 unspecified atom stereocenters. The first kappa shape index (κ1) is 22.8. The van der Waals surface area contributed by atoms with Gasteiger partial charge in [0.25, 0.3) is 5.56 Å².